The number of anilines is 1. The Morgan fingerprint density at radius 2 is 1.75 bits per heavy atom. The highest BCUT2D eigenvalue weighted by molar-refractivity contribution is 5.89. The molecule has 9 heteroatoms. The number of rotatable bonds is 4. The number of benzene rings is 2. The van der Waals surface area contributed by atoms with Gasteiger partial charge in [0, 0.05) is 11.7 Å². The van der Waals surface area contributed by atoms with Gasteiger partial charge in [-0.3, -0.25) is 4.79 Å². The van der Waals surface area contributed by atoms with Crippen LogP contribution in [0.3, 0.4) is 0 Å². The maximum Gasteiger partial charge on any atom is 0.322 e. The Labute approximate surface area is 209 Å². The minimum absolute atomic E-state index is 0.0376. The lowest BCUT2D eigenvalue weighted by Crippen LogP contribution is -2.58. The van der Waals surface area contributed by atoms with Gasteiger partial charge in [0.2, 0.25) is 5.91 Å². The largest absolute Gasteiger partial charge is 0.389 e. The second-order valence-electron chi connectivity index (χ2n) is 9.87. The highest BCUT2D eigenvalue weighted by Gasteiger charge is 2.40. The van der Waals surface area contributed by atoms with Crippen LogP contribution >= 0.6 is 0 Å². The first-order chi connectivity index (χ1) is 17.4. The normalized spacial score (nSPS) is 26.3. The van der Waals surface area contributed by atoms with Crippen LogP contribution in [0.1, 0.15) is 30.4 Å². The lowest BCUT2D eigenvalue weighted by Gasteiger charge is -2.44. The van der Waals surface area contributed by atoms with E-state index in [-0.39, 0.29) is 56.1 Å². The number of hydrogen-bond acceptors (Lipinski definition) is 5. The third-order valence-electron chi connectivity index (χ3n) is 7.17. The van der Waals surface area contributed by atoms with Gasteiger partial charge in [-0.05, 0) is 61.1 Å². The van der Waals surface area contributed by atoms with Gasteiger partial charge in [0.25, 0.3) is 0 Å². The Hall–Kier alpha value is -3.01. The molecule has 2 aliphatic heterocycles. The van der Waals surface area contributed by atoms with Crippen molar-refractivity contribution in [1.82, 2.24) is 10.2 Å². The Morgan fingerprint density at radius 3 is 2.47 bits per heavy atom. The van der Waals surface area contributed by atoms with E-state index in [1.54, 1.807) is 4.90 Å². The first-order valence-electron chi connectivity index (χ1n) is 12.5. The van der Waals surface area contributed by atoms with Crippen LogP contribution in [0.4, 0.5) is 14.9 Å². The molecule has 2 fully saturated rings. The van der Waals surface area contributed by atoms with Crippen LogP contribution in [-0.2, 0) is 27.1 Å². The number of amides is 3. The van der Waals surface area contributed by atoms with Crippen LogP contribution in [0.5, 0.6) is 0 Å². The molecule has 5 rings (SSSR count). The molecule has 2 saturated heterocycles. The number of nitrogens with zero attached hydrogens (tertiary/aromatic N) is 1. The van der Waals surface area contributed by atoms with E-state index in [1.807, 2.05) is 12.1 Å². The van der Waals surface area contributed by atoms with Gasteiger partial charge in [0.05, 0.1) is 44.4 Å². The van der Waals surface area contributed by atoms with Crippen molar-refractivity contribution in [2.45, 2.75) is 62.5 Å². The van der Waals surface area contributed by atoms with E-state index in [0.717, 1.165) is 12.8 Å². The fourth-order valence-electron chi connectivity index (χ4n) is 5.46. The third-order valence-corrected chi connectivity index (χ3v) is 7.17. The molecule has 0 bridgehead atoms. The van der Waals surface area contributed by atoms with Crippen molar-refractivity contribution in [3.8, 4) is 0 Å². The van der Waals surface area contributed by atoms with Gasteiger partial charge >= 0.3 is 6.03 Å². The van der Waals surface area contributed by atoms with Crippen LogP contribution in [0.25, 0.3) is 0 Å². The summed E-state index contributed by atoms with van der Waals surface area (Å²) in [7, 11) is 0. The smallest absolute Gasteiger partial charge is 0.322 e. The number of urea groups is 1. The van der Waals surface area contributed by atoms with Gasteiger partial charge in [-0.15, -0.1) is 0 Å². The van der Waals surface area contributed by atoms with Crippen molar-refractivity contribution in [2.75, 3.05) is 25.1 Å². The number of carbonyl (C=O) groups is 2. The number of fused-ring (bicyclic) bond motifs is 2. The average molecular weight is 498 g/mol. The van der Waals surface area contributed by atoms with E-state index >= 15 is 0 Å². The van der Waals surface area contributed by atoms with Gasteiger partial charge in [-0.2, -0.15) is 0 Å². The van der Waals surface area contributed by atoms with E-state index in [4.69, 9.17) is 9.47 Å². The Balaban J connectivity index is 1.18. The molecule has 0 spiro atoms. The molecule has 8 nitrogen and oxygen atoms in total. The number of carbonyl (C=O) groups excluding carboxylic acids is 2. The van der Waals surface area contributed by atoms with Crippen molar-refractivity contribution in [3.63, 3.8) is 0 Å². The zero-order chi connectivity index (χ0) is 25.1. The van der Waals surface area contributed by atoms with Crippen LogP contribution in [0, 0.1) is 5.82 Å². The summed E-state index contributed by atoms with van der Waals surface area (Å²) in [5.74, 6) is -0.426. The summed E-state index contributed by atoms with van der Waals surface area (Å²) in [6.45, 7) is 0.392. The molecule has 2 heterocycles. The topological polar surface area (TPSA) is 100 Å². The molecule has 36 heavy (non-hydrogen) atoms. The molecular weight excluding hydrogens is 465 g/mol. The highest BCUT2D eigenvalue weighted by Crippen LogP contribution is 2.29. The summed E-state index contributed by atoms with van der Waals surface area (Å²) < 4.78 is 25.1. The van der Waals surface area contributed by atoms with E-state index in [1.165, 1.54) is 35.4 Å². The van der Waals surface area contributed by atoms with Crippen molar-refractivity contribution >= 4 is 17.6 Å². The summed E-state index contributed by atoms with van der Waals surface area (Å²) >= 11 is 0. The Kier molecular flexibility index (Phi) is 7.50. The number of nitrogens with one attached hydrogen (secondary N) is 2. The first-order valence-corrected chi connectivity index (χ1v) is 12.5. The summed E-state index contributed by atoms with van der Waals surface area (Å²) in [5, 5.41) is 16.2. The monoisotopic (exact) mass is 497 g/mol. The second kappa shape index (κ2) is 10.9. The van der Waals surface area contributed by atoms with Crippen LogP contribution in [-0.4, -0.2) is 72.1 Å². The maximum absolute atomic E-state index is 13.2. The molecule has 3 aliphatic rings. The number of aliphatic hydroxyl groups excluding tert-OH is 1. The molecule has 192 valence electrons. The maximum atomic E-state index is 13.2. The number of halogens is 1. The zero-order valence-corrected chi connectivity index (χ0v) is 20.1. The van der Waals surface area contributed by atoms with Gasteiger partial charge in [-0.1, -0.05) is 24.3 Å². The average Bonchev–Trinajstić information content (AvgIpc) is 3.25. The second-order valence-corrected chi connectivity index (χ2v) is 9.87. The standard InChI is InChI=1S/C27H32FN3O5/c28-19-5-7-20(8-6-19)30-27(34)31-14-22(32)15-35-16-25-24(31)10-9-23(36-25)13-26(33)29-21-11-17-3-1-2-4-18(17)12-21/h1-8,21-25,32H,9-16H2,(H,29,33)(H,30,34)/t22-,23+,24-,25+/m0/s1. The van der Waals surface area contributed by atoms with E-state index < -0.39 is 18.2 Å². The van der Waals surface area contributed by atoms with Crippen molar-refractivity contribution < 1.29 is 28.6 Å². The Bertz CT molecular complexity index is 1060. The van der Waals surface area contributed by atoms with Crippen LogP contribution in [0.2, 0.25) is 0 Å². The molecule has 2 aromatic rings. The number of aliphatic hydroxyl groups is 1. The van der Waals surface area contributed by atoms with Gasteiger partial charge in [0.15, 0.2) is 0 Å². The summed E-state index contributed by atoms with van der Waals surface area (Å²) in [5.41, 5.74) is 3.03. The molecule has 0 radical (unpaired) electrons. The van der Waals surface area contributed by atoms with E-state index in [2.05, 4.69) is 22.8 Å². The minimum Gasteiger partial charge on any atom is -0.389 e. The number of ether oxygens (including phenoxy) is 2. The number of β-amino-alcohol motifs (C(OH)–C–C–N with tert-alkyl or cyclic N) is 1. The SMILES string of the molecule is O=C(C[C@H]1CC[C@H]2[C@@H](COC[C@@H](O)CN2C(=O)Nc2ccc(F)cc2)O1)NC1Cc2ccccc2C1. The Morgan fingerprint density at radius 1 is 1.03 bits per heavy atom. The van der Waals surface area contributed by atoms with Gasteiger partial charge in [0.1, 0.15) is 11.9 Å². The molecule has 2 aromatic carbocycles. The molecule has 0 saturated carbocycles. The number of hydrogen-bond donors (Lipinski definition) is 3. The van der Waals surface area contributed by atoms with Crippen molar-refractivity contribution in [3.05, 3.63) is 65.5 Å². The van der Waals surface area contributed by atoms with E-state index in [9.17, 15) is 19.1 Å². The molecule has 3 amide bonds. The van der Waals surface area contributed by atoms with Gasteiger partial charge < -0.3 is 30.1 Å². The lowest BCUT2D eigenvalue weighted by molar-refractivity contribution is -0.150. The van der Waals surface area contributed by atoms with Crippen LogP contribution < -0.4 is 10.6 Å². The summed E-state index contributed by atoms with van der Waals surface area (Å²) in [6.07, 6.45) is 1.63. The van der Waals surface area contributed by atoms with Crippen LogP contribution in [0.15, 0.2) is 48.5 Å². The van der Waals surface area contributed by atoms with Gasteiger partial charge in [-0.25, -0.2) is 9.18 Å². The molecule has 0 aromatic heterocycles. The molecule has 1 aliphatic carbocycles. The quantitative estimate of drug-likeness (QED) is 0.603. The minimum atomic E-state index is -0.830. The van der Waals surface area contributed by atoms with Crippen molar-refractivity contribution in [1.29, 1.82) is 0 Å². The predicted molar refractivity (Wildman–Crippen MR) is 131 cm³/mol. The highest BCUT2D eigenvalue weighted by atomic mass is 19.1. The molecule has 3 N–H and O–H groups in total. The first kappa shape index (κ1) is 24.7. The molecular formula is C27H32FN3O5. The predicted octanol–water partition coefficient (Wildman–Crippen LogP) is 2.64. The van der Waals surface area contributed by atoms with E-state index in [0.29, 0.717) is 18.5 Å². The lowest BCUT2D eigenvalue weighted by atomic mass is 9.95. The molecule has 0 unspecified atom stereocenters. The molecule has 4 atom stereocenters. The summed E-state index contributed by atoms with van der Waals surface area (Å²) in [4.78, 5) is 27.5. The zero-order valence-electron chi connectivity index (χ0n) is 20.1. The van der Waals surface area contributed by atoms with Crippen molar-refractivity contribution in [2.24, 2.45) is 0 Å². The fraction of sp³-hybridized carbons (Fsp3) is 0.481. The summed E-state index contributed by atoms with van der Waals surface area (Å²) in [6, 6.07) is 13.2. The fourth-order valence-corrected chi connectivity index (χ4v) is 5.46. The third kappa shape index (κ3) is 5.86.